The van der Waals surface area contributed by atoms with Gasteiger partial charge in [-0.3, -0.25) is 9.89 Å². The molecule has 1 aliphatic rings. The zero-order valence-corrected chi connectivity index (χ0v) is 20.7. The fraction of sp³-hybridized carbons (Fsp3) is 0.520. The number of hydrogen-bond acceptors (Lipinski definition) is 5. The topological polar surface area (TPSA) is 80.6 Å². The van der Waals surface area contributed by atoms with E-state index < -0.39 is 0 Å². The lowest BCUT2D eigenvalue weighted by molar-refractivity contribution is 0.0844. The van der Waals surface area contributed by atoms with Crippen LogP contribution >= 0.6 is 12.4 Å². The van der Waals surface area contributed by atoms with Crippen LogP contribution in [0.3, 0.4) is 0 Å². The lowest BCUT2D eigenvalue weighted by atomic mass is 9.97. The zero-order chi connectivity index (χ0) is 22.7. The Bertz CT molecular complexity index is 1100. The van der Waals surface area contributed by atoms with E-state index in [4.69, 9.17) is 14.5 Å². The normalized spacial score (nSPS) is 15.7. The van der Waals surface area contributed by atoms with E-state index in [1.807, 2.05) is 32.0 Å². The summed E-state index contributed by atoms with van der Waals surface area (Å²) in [5, 5.41) is 6.86. The van der Waals surface area contributed by atoms with Crippen LogP contribution in [0.5, 0.6) is 5.75 Å². The predicted octanol–water partition coefficient (Wildman–Crippen LogP) is 4.61. The average molecular weight is 475 g/mol. The molecule has 33 heavy (non-hydrogen) atoms. The third-order valence-corrected chi connectivity index (χ3v) is 5.93. The van der Waals surface area contributed by atoms with Crippen LogP contribution in [0.15, 0.2) is 41.2 Å². The van der Waals surface area contributed by atoms with Gasteiger partial charge in [0.2, 0.25) is 0 Å². The Morgan fingerprint density at radius 2 is 1.94 bits per heavy atom. The van der Waals surface area contributed by atoms with Crippen molar-refractivity contribution in [3.05, 3.63) is 63.7 Å². The van der Waals surface area contributed by atoms with Gasteiger partial charge in [-0.2, -0.15) is 0 Å². The van der Waals surface area contributed by atoms with Crippen molar-refractivity contribution < 1.29 is 9.47 Å². The lowest BCUT2D eigenvalue weighted by Gasteiger charge is -2.22. The number of aromatic nitrogens is 3. The van der Waals surface area contributed by atoms with Gasteiger partial charge in [0.05, 0.1) is 17.8 Å². The smallest absolute Gasteiger partial charge is 0.272 e. The molecule has 4 rings (SSSR count). The number of benzene rings is 1. The number of rotatable bonds is 8. The van der Waals surface area contributed by atoms with Crippen molar-refractivity contribution >= 4 is 18.1 Å². The number of H-pyrrole nitrogens is 1. The van der Waals surface area contributed by atoms with E-state index in [1.54, 1.807) is 10.6 Å². The maximum Gasteiger partial charge on any atom is 0.272 e. The molecule has 8 heteroatoms. The minimum absolute atomic E-state index is 0. The van der Waals surface area contributed by atoms with Crippen LogP contribution in [0.2, 0.25) is 0 Å². The molecule has 0 saturated carbocycles. The first-order valence-electron chi connectivity index (χ1n) is 11.6. The van der Waals surface area contributed by atoms with E-state index in [1.165, 1.54) is 0 Å². The number of hydrogen-bond donors (Lipinski definition) is 2. The molecule has 180 valence electrons. The van der Waals surface area contributed by atoms with E-state index >= 15 is 0 Å². The van der Waals surface area contributed by atoms with E-state index in [0.29, 0.717) is 18.1 Å². The summed E-state index contributed by atoms with van der Waals surface area (Å²) in [6.07, 6.45) is 2.06. The average Bonchev–Trinajstić information content (AvgIpc) is 3.19. The highest BCUT2D eigenvalue weighted by molar-refractivity contribution is 5.85. The highest BCUT2D eigenvalue weighted by atomic mass is 35.5. The fourth-order valence-corrected chi connectivity index (χ4v) is 4.32. The Morgan fingerprint density at radius 3 is 2.64 bits per heavy atom. The van der Waals surface area contributed by atoms with Crippen LogP contribution in [0.1, 0.15) is 69.4 Å². The minimum Gasteiger partial charge on any atom is -0.491 e. The molecule has 2 N–H and O–H groups in total. The highest BCUT2D eigenvalue weighted by Gasteiger charge is 2.22. The van der Waals surface area contributed by atoms with Crippen molar-refractivity contribution in [1.29, 1.82) is 0 Å². The molecule has 0 amide bonds. The van der Waals surface area contributed by atoms with Gasteiger partial charge in [-0.1, -0.05) is 26.0 Å². The summed E-state index contributed by atoms with van der Waals surface area (Å²) in [4.78, 5) is 17.7. The van der Waals surface area contributed by atoms with Crippen molar-refractivity contribution in [3.63, 3.8) is 0 Å². The molecular weight excluding hydrogens is 440 g/mol. The standard InChI is InChI=1S/C25H34N4O3.ClH/c1-16(2)25(26-15-18-6-5-7-20(12-18)32-17(3)4)22-14-24(30)29-23(27-22)13-21(28-29)19-8-10-31-11-9-19;/h5-7,12-14,16-17,19,25-26,28H,8-11,15H2,1-4H3;1H. The summed E-state index contributed by atoms with van der Waals surface area (Å²) in [6.45, 7) is 10.5. The second-order valence-electron chi connectivity index (χ2n) is 9.23. The van der Waals surface area contributed by atoms with Crippen LogP contribution in [0.4, 0.5) is 0 Å². The Labute approximate surface area is 201 Å². The highest BCUT2D eigenvalue weighted by Crippen LogP contribution is 2.27. The molecule has 1 aliphatic heterocycles. The van der Waals surface area contributed by atoms with Gasteiger partial charge in [-0.15, -0.1) is 12.4 Å². The molecule has 0 spiro atoms. The molecule has 1 fully saturated rings. The number of aromatic amines is 1. The minimum atomic E-state index is -0.0805. The van der Waals surface area contributed by atoms with Gasteiger partial charge in [0.15, 0.2) is 5.65 Å². The third-order valence-electron chi connectivity index (χ3n) is 5.93. The lowest BCUT2D eigenvalue weighted by Crippen LogP contribution is -2.28. The number of halogens is 1. The number of fused-ring (bicyclic) bond motifs is 1. The van der Waals surface area contributed by atoms with Gasteiger partial charge in [0.25, 0.3) is 5.56 Å². The van der Waals surface area contributed by atoms with Crippen LogP contribution in [0, 0.1) is 5.92 Å². The second kappa shape index (κ2) is 11.2. The monoisotopic (exact) mass is 474 g/mol. The maximum absolute atomic E-state index is 12.9. The van der Waals surface area contributed by atoms with E-state index in [0.717, 1.165) is 48.8 Å². The van der Waals surface area contributed by atoms with Crippen molar-refractivity contribution in [2.45, 2.75) is 65.1 Å². The quantitative estimate of drug-likeness (QED) is 0.498. The summed E-state index contributed by atoms with van der Waals surface area (Å²) < 4.78 is 12.8. The first-order valence-corrected chi connectivity index (χ1v) is 11.6. The van der Waals surface area contributed by atoms with E-state index in [-0.39, 0.29) is 36.0 Å². The summed E-state index contributed by atoms with van der Waals surface area (Å²) in [7, 11) is 0. The molecule has 1 aromatic carbocycles. The zero-order valence-electron chi connectivity index (χ0n) is 19.8. The Kier molecular flexibility index (Phi) is 8.57. The molecule has 1 saturated heterocycles. The summed E-state index contributed by atoms with van der Waals surface area (Å²) in [5.41, 5.74) is 3.56. The van der Waals surface area contributed by atoms with Crippen molar-refractivity contribution in [3.8, 4) is 5.75 Å². The van der Waals surface area contributed by atoms with E-state index in [9.17, 15) is 4.79 Å². The molecule has 1 unspecified atom stereocenters. The van der Waals surface area contributed by atoms with Crippen LogP contribution in [-0.4, -0.2) is 33.9 Å². The fourth-order valence-electron chi connectivity index (χ4n) is 4.32. The molecule has 3 heterocycles. The Morgan fingerprint density at radius 1 is 1.18 bits per heavy atom. The third kappa shape index (κ3) is 6.16. The van der Waals surface area contributed by atoms with Gasteiger partial charge >= 0.3 is 0 Å². The number of ether oxygens (including phenoxy) is 2. The molecule has 1 atom stereocenters. The summed E-state index contributed by atoms with van der Waals surface area (Å²) in [5.74, 6) is 1.52. The van der Waals surface area contributed by atoms with Gasteiger partial charge in [0.1, 0.15) is 5.75 Å². The molecule has 2 aromatic heterocycles. The summed E-state index contributed by atoms with van der Waals surface area (Å²) in [6, 6.07) is 11.7. The number of nitrogens with one attached hydrogen (secondary N) is 2. The van der Waals surface area contributed by atoms with Crippen LogP contribution in [-0.2, 0) is 11.3 Å². The molecule has 3 aromatic rings. The molecule has 0 aliphatic carbocycles. The summed E-state index contributed by atoms with van der Waals surface area (Å²) >= 11 is 0. The van der Waals surface area contributed by atoms with Crippen LogP contribution in [0.25, 0.3) is 5.65 Å². The first kappa shape index (κ1) is 25.3. The first-order chi connectivity index (χ1) is 15.4. The van der Waals surface area contributed by atoms with E-state index in [2.05, 4.69) is 36.4 Å². The Hall–Kier alpha value is -2.35. The predicted molar refractivity (Wildman–Crippen MR) is 132 cm³/mol. The van der Waals surface area contributed by atoms with Crippen LogP contribution < -0.4 is 15.6 Å². The van der Waals surface area contributed by atoms with Gasteiger partial charge in [0, 0.05) is 43.5 Å². The second-order valence-corrected chi connectivity index (χ2v) is 9.23. The maximum atomic E-state index is 12.9. The SMILES string of the molecule is CC(C)Oc1cccc(CNC(c2cc(=O)n3[nH]c(C4CCOCC4)cc3n2)C(C)C)c1.Cl. The van der Waals surface area contributed by atoms with Crippen molar-refractivity contribution in [2.24, 2.45) is 5.92 Å². The Balaban J connectivity index is 0.00000306. The molecule has 0 bridgehead atoms. The van der Waals surface area contributed by atoms with Crippen molar-refractivity contribution in [1.82, 2.24) is 19.9 Å². The molecule has 0 radical (unpaired) electrons. The van der Waals surface area contributed by atoms with Gasteiger partial charge in [-0.05, 0) is 50.3 Å². The number of nitrogens with zero attached hydrogens (tertiary/aromatic N) is 2. The largest absolute Gasteiger partial charge is 0.491 e. The molecular formula is C25H35ClN4O3. The molecule has 7 nitrogen and oxygen atoms in total. The van der Waals surface area contributed by atoms with Crippen molar-refractivity contribution in [2.75, 3.05) is 13.2 Å². The van der Waals surface area contributed by atoms with Gasteiger partial charge < -0.3 is 14.8 Å². The van der Waals surface area contributed by atoms with Gasteiger partial charge in [-0.25, -0.2) is 9.50 Å².